The summed E-state index contributed by atoms with van der Waals surface area (Å²) in [5.41, 5.74) is 1.93. The summed E-state index contributed by atoms with van der Waals surface area (Å²) in [5.74, 6) is 0.638. The summed E-state index contributed by atoms with van der Waals surface area (Å²) < 4.78 is 21.0. The van der Waals surface area contributed by atoms with Crippen molar-refractivity contribution in [3.63, 3.8) is 0 Å². The van der Waals surface area contributed by atoms with Gasteiger partial charge in [0.05, 0.1) is 19.6 Å². The van der Waals surface area contributed by atoms with E-state index in [0.717, 1.165) is 30.1 Å². The molecule has 6 heteroatoms. The first-order valence-corrected chi connectivity index (χ1v) is 10.2. The van der Waals surface area contributed by atoms with Gasteiger partial charge in [-0.25, -0.2) is 4.39 Å². The van der Waals surface area contributed by atoms with Gasteiger partial charge in [0.15, 0.2) is 0 Å². The Bertz CT molecular complexity index is 964. The number of ether oxygens (including phenoxy) is 1. The Morgan fingerprint density at radius 2 is 1.70 bits per heavy atom. The molecule has 30 heavy (non-hydrogen) atoms. The van der Waals surface area contributed by atoms with Crippen LogP contribution in [0, 0.1) is 5.82 Å². The molecule has 2 heterocycles. The molecule has 1 aliphatic heterocycles. The van der Waals surface area contributed by atoms with E-state index in [4.69, 9.17) is 4.74 Å². The molecule has 1 fully saturated rings. The van der Waals surface area contributed by atoms with Crippen molar-refractivity contribution in [2.75, 3.05) is 38.2 Å². The second-order valence-electron chi connectivity index (χ2n) is 7.47. The number of piperazine rings is 1. The molecular weight excluding hydrogens is 381 g/mol. The van der Waals surface area contributed by atoms with Crippen molar-refractivity contribution in [3.05, 3.63) is 84.4 Å². The fourth-order valence-electron chi connectivity index (χ4n) is 3.97. The van der Waals surface area contributed by atoms with E-state index in [1.165, 1.54) is 12.1 Å². The number of hydrogen-bond donors (Lipinski definition) is 0. The van der Waals surface area contributed by atoms with E-state index < -0.39 is 0 Å². The number of methoxy groups -OCH3 is 1. The minimum absolute atomic E-state index is 0.0901. The van der Waals surface area contributed by atoms with Crippen molar-refractivity contribution in [2.45, 2.75) is 12.5 Å². The van der Waals surface area contributed by atoms with Crippen LogP contribution in [-0.4, -0.2) is 48.7 Å². The lowest BCUT2D eigenvalue weighted by molar-refractivity contribution is -0.132. The second-order valence-corrected chi connectivity index (χ2v) is 7.47. The van der Waals surface area contributed by atoms with E-state index in [1.807, 2.05) is 64.3 Å². The van der Waals surface area contributed by atoms with Crippen LogP contribution in [0.5, 0.6) is 5.75 Å². The van der Waals surface area contributed by atoms with E-state index in [9.17, 15) is 9.18 Å². The maximum absolute atomic E-state index is 13.8. The molecule has 1 aliphatic rings. The van der Waals surface area contributed by atoms with Gasteiger partial charge in [0.1, 0.15) is 11.6 Å². The van der Waals surface area contributed by atoms with Gasteiger partial charge in [-0.3, -0.25) is 4.79 Å². The maximum atomic E-state index is 13.8. The standard InChI is InChI=1S/C24H26FN3O2/c1-30-22-9-7-21(8-10-22)26-13-15-28(16-14-26)24(29)18-23(27-11-2-3-12-27)19-5-4-6-20(25)17-19/h2-12,17,23H,13-16,18H2,1H3. The highest BCUT2D eigenvalue weighted by molar-refractivity contribution is 5.77. The largest absolute Gasteiger partial charge is 0.497 e. The topological polar surface area (TPSA) is 37.7 Å². The van der Waals surface area contributed by atoms with Crippen molar-refractivity contribution in [2.24, 2.45) is 0 Å². The number of nitrogens with zero attached hydrogens (tertiary/aromatic N) is 3. The van der Waals surface area contributed by atoms with Crippen LogP contribution in [0.25, 0.3) is 0 Å². The summed E-state index contributed by atoms with van der Waals surface area (Å²) >= 11 is 0. The number of carbonyl (C=O) groups excluding carboxylic acids is 1. The van der Waals surface area contributed by atoms with Gasteiger partial charge in [-0.05, 0) is 54.1 Å². The van der Waals surface area contributed by atoms with E-state index in [0.29, 0.717) is 19.5 Å². The molecule has 0 bridgehead atoms. The summed E-state index contributed by atoms with van der Waals surface area (Å²) in [6.45, 7) is 2.91. The van der Waals surface area contributed by atoms with Gasteiger partial charge in [0.25, 0.3) is 0 Å². The van der Waals surface area contributed by atoms with Gasteiger partial charge >= 0.3 is 0 Å². The third-order valence-corrected chi connectivity index (χ3v) is 5.66. The molecule has 1 saturated heterocycles. The summed E-state index contributed by atoms with van der Waals surface area (Å²) in [7, 11) is 1.66. The van der Waals surface area contributed by atoms with Crippen molar-refractivity contribution >= 4 is 11.6 Å². The number of anilines is 1. The molecular formula is C24H26FN3O2. The molecule has 1 atom stereocenters. The predicted octanol–water partition coefficient (Wildman–Crippen LogP) is 3.96. The number of amides is 1. The zero-order chi connectivity index (χ0) is 20.9. The molecule has 0 spiro atoms. The Balaban J connectivity index is 1.41. The maximum Gasteiger partial charge on any atom is 0.225 e. The molecule has 156 valence electrons. The first kappa shape index (κ1) is 20.0. The van der Waals surface area contributed by atoms with Crippen LogP contribution in [0.1, 0.15) is 18.0 Å². The summed E-state index contributed by atoms with van der Waals surface area (Å²) in [6, 6.07) is 18.1. The van der Waals surface area contributed by atoms with Gasteiger partial charge in [0, 0.05) is 44.3 Å². The predicted molar refractivity (Wildman–Crippen MR) is 115 cm³/mol. The molecule has 0 aliphatic carbocycles. The lowest BCUT2D eigenvalue weighted by atomic mass is 10.0. The highest BCUT2D eigenvalue weighted by Crippen LogP contribution is 2.25. The minimum atomic E-state index is -0.287. The van der Waals surface area contributed by atoms with Crippen LogP contribution >= 0.6 is 0 Å². The molecule has 1 unspecified atom stereocenters. The Morgan fingerprint density at radius 1 is 1.00 bits per heavy atom. The molecule has 1 amide bonds. The fraction of sp³-hybridized carbons (Fsp3) is 0.292. The molecule has 2 aromatic carbocycles. The van der Waals surface area contributed by atoms with Crippen LogP contribution < -0.4 is 9.64 Å². The van der Waals surface area contributed by atoms with Gasteiger partial charge in [-0.1, -0.05) is 12.1 Å². The average Bonchev–Trinajstić information content (AvgIpc) is 3.32. The first-order chi connectivity index (χ1) is 14.6. The minimum Gasteiger partial charge on any atom is -0.497 e. The van der Waals surface area contributed by atoms with Gasteiger partial charge < -0.3 is 19.1 Å². The van der Waals surface area contributed by atoms with Crippen LogP contribution in [-0.2, 0) is 4.79 Å². The van der Waals surface area contributed by atoms with Crippen LogP contribution in [0.2, 0.25) is 0 Å². The molecule has 0 N–H and O–H groups in total. The highest BCUT2D eigenvalue weighted by atomic mass is 19.1. The zero-order valence-electron chi connectivity index (χ0n) is 17.1. The normalized spacial score (nSPS) is 15.1. The van der Waals surface area contributed by atoms with Crippen LogP contribution in [0.4, 0.5) is 10.1 Å². The van der Waals surface area contributed by atoms with Crippen molar-refractivity contribution in [1.82, 2.24) is 9.47 Å². The van der Waals surface area contributed by atoms with Crippen LogP contribution in [0.15, 0.2) is 73.1 Å². The lowest BCUT2D eigenvalue weighted by Crippen LogP contribution is -2.49. The third-order valence-electron chi connectivity index (χ3n) is 5.66. The molecule has 1 aromatic heterocycles. The monoisotopic (exact) mass is 407 g/mol. The number of benzene rings is 2. The number of halogens is 1. The number of aromatic nitrogens is 1. The molecule has 0 saturated carbocycles. The van der Waals surface area contributed by atoms with Gasteiger partial charge in [-0.2, -0.15) is 0 Å². The SMILES string of the molecule is COc1ccc(N2CCN(C(=O)CC(c3cccc(F)c3)n3cccc3)CC2)cc1. The van der Waals surface area contributed by atoms with E-state index in [1.54, 1.807) is 13.2 Å². The molecule has 5 nitrogen and oxygen atoms in total. The number of rotatable bonds is 6. The Labute approximate surface area is 176 Å². The first-order valence-electron chi connectivity index (χ1n) is 10.2. The van der Waals surface area contributed by atoms with Crippen molar-refractivity contribution < 1.29 is 13.9 Å². The number of hydrogen-bond acceptors (Lipinski definition) is 3. The van der Waals surface area contributed by atoms with E-state index >= 15 is 0 Å². The van der Waals surface area contributed by atoms with Gasteiger partial charge in [0.2, 0.25) is 5.91 Å². The molecule has 4 rings (SSSR count). The average molecular weight is 407 g/mol. The smallest absolute Gasteiger partial charge is 0.225 e. The second kappa shape index (κ2) is 9.03. The summed E-state index contributed by atoms with van der Waals surface area (Å²) in [4.78, 5) is 17.3. The number of carbonyl (C=O) groups is 1. The summed E-state index contributed by atoms with van der Waals surface area (Å²) in [6.07, 6.45) is 4.15. The highest BCUT2D eigenvalue weighted by Gasteiger charge is 2.25. The lowest BCUT2D eigenvalue weighted by Gasteiger charge is -2.37. The quantitative estimate of drug-likeness (QED) is 0.621. The third kappa shape index (κ3) is 4.48. The van der Waals surface area contributed by atoms with E-state index in [2.05, 4.69) is 4.90 Å². The Morgan fingerprint density at radius 3 is 2.33 bits per heavy atom. The Kier molecular flexibility index (Phi) is 6.02. The van der Waals surface area contributed by atoms with Crippen molar-refractivity contribution in [1.29, 1.82) is 0 Å². The Hall–Kier alpha value is -3.28. The fourth-order valence-corrected chi connectivity index (χ4v) is 3.97. The van der Waals surface area contributed by atoms with Crippen molar-refractivity contribution in [3.8, 4) is 5.75 Å². The van der Waals surface area contributed by atoms with Gasteiger partial charge in [-0.15, -0.1) is 0 Å². The molecule has 3 aromatic rings. The summed E-state index contributed by atoms with van der Waals surface area (Å²) in [5, 5.41) is 0. The van der Waals surface area contributed by atoms with Crippen LogP contribution in [0.3, 0.4) is 0 Å². The zero-order valence-corrected chi connectivity index (χ0v) is 17.1. The van der Waals surface area contributed by atoms with E-state index in [-0.39, 0.29) is 17.8 Å². The molecule has 0 radical (unpaired) electrons.